The summed E-state index contributed by atoms with van der Waals surface area (Å²) in [6.07, 6.45) is 0.819. The zero-order valence-corrected chi connectivity index (χ0v) is 13.8. The Morgan fingerprint density at radius 2 is 2.19 bits per heavy atom. The summed E-state index contributed by atoms with van der Waals surface area (Å²) in [5, 5.41) is 13.6. The Labute approximate surface area is 131 Å². The molecule has 1 aromatic carbocycles. The molecule has 2 rings (SSSR count). The quantitative estimate of drug-likeness (QED) is 0.896. The first-order valence-corrected chi connectivity index (χ1v) is 7.40. The van der Waals surface area contributed by atoms with E-state index in [0.29, 0.717) is 5.75 Å². The number of nitrogens with zero attached hydrogens (tertiary/aromatic N) is 2. The zero-order chi connectivity index (χ0) is 15.6. The number of hydrogen-bond donors (Lipinski definition) is 1. The summed E-state index contributed by atoms with van der Waals surface area (Å²) in [6, 6.07) is 5.04. The molecule has 5 nitrogen and oxygen atoms in total. The fourth-order valence-corrected chi connectivity index (χ4v) is 2.78. The van der Waals surface area contributed by atoms with Crippen molar-refractivity contribution in [2.45, 2.75) is 26.9 Å². The van der Waals surface area contributed by atoms with Crippen molar-refractivity contribution in [1.82, 2.24) is 9.78 Å². The SMILES string of the molecule is CCc1nn(C)c(COc2cc(C)ccc2C(=O)O)c1Br. The predicted molar refractivity (Wildman–Crippen MR) is 82.8 cm³/mol. The standard InChI is InChI=1S/C15H17BrN2O3/c1-4-11-14(16)12(18(3)17-11)8-21-13-7-9(2)5-6-10(13)15(19)20/h5-7H,4,8H2,1-3H3,(H,19,20). The molecule has 0 saturated carbocycles. The molecule has 0 bridgehead atoms. The van der Waals surface area contributed by atoms with E-state index in [1.54, 1.807) is 22.9 Å². The number of carboxylic acid groups (broad SMARTS) is 1. The number of aryl methyl sites for hydroxylation is 3. The lowest BCUT2D eigenvalue weighted by molar-refractivity contribution is 0.0691. The minimum atomic E-state index is -0.997. The summed E-state index contributed by atoms with van der Waals surface area (Å²) in [7, 11) is 1.84. The van der Waals surface area contributed by atoms with Gasteiger partial charge in [-0.25, -0.2) is 4.79 Å². The van der Waals surface area contributed by atoms with Crippen molar-refractivity contribution >= 4 is 21.9 Å². The fraction of sp³-hybridized carbons (Fsp3) is 0.333. The first-order valence-electron chi connectivity index (χ1n) is 6.61. The van der Waals surface area contributed by atoms with Gasteiger partial charge in [-0.15, -0.1) is 0 Å². The highest BCUT2D eigenvalue weighted by atomic mass is 79.9. The molecule has 0 aliphatic heterocycles. The molecule has 1 aromatic heterocycles. The van der Waals surface area contributed by atoms with Gasteiger partial charge in [-0.3, -0.25) is 4.68 Å². The number of benzene rings is 1. The van der Waals surface area contributed by atoms with Crippen molar-refractivity contribution in [3.63, 3.8) is 0 Å². The van der Waals surface area contributed by atoms with Crippen LogP contribution in [0.3, 0.4) is 0 Å². The van der Waals surface area contributed by atoms with Gasteiger partial charge >= 0.3 is 5.97 Å². The Balaban J connectivity index is 2.26. The van der Waals surface area contributed by atoms with E-state index in [1.807, 2.05) is 20.9 Å². The number of halogens is 1. The van der Waals surface area contributed by atoms with E-state index in [1.165, 1.54) is 0 Å². The number of hydrogen-bond acceptors (Lipinski definition) is 3. The van der Waals surface area contributed by atoms with Gasteiger partial charge in [0.15, 0.2) is 0 Å². The molecule has 0 aliphatic rings. The average Bonchev–Trinajstić information content (AvgIpc) is 2.71. The van der Waals surface area contributed by atoms with E-state index < -0.39 is 5.97 Å². The summed E-state index contributed by atoms with van der Waals surface area (Å²) in [5.41, 5.74) is 2.95. The van der Waals surface area contributed by atoms with Gasteiger partial charge in [-0.05, 0) is 47.0 Å². The van der Waals surface area contributed by atoms with E-state index in [9.17, 15) is 9.90 Å². The number of carbonyl (C=O) groups is 1. The van der Waals surface area contributed by atoms with Gasteiger partial charge in [0.05, 0.1) is 15.9 Å². The molecule has 21 heavy (non-hydrogen) atoms. The van der Waals surface area contributed by atoms with Gasteiger partial charge in [0.2, 0.25) is 0 Å². The number of aromatic carboxylic acids is 1. The summed E-state index contributed by atoms with van der Waals surface area (Å²) in [6.45, 7) is 4.18. The highest BCUT2D eigenvalue weighted by molar-refractivity contribution is 9.10. The van der Waals surface area contributed by atoms with Gasteiger partial charge < -0.3 is 9.84 Å². The lowest BCUT2D eigenvalue weighted by Crippen LogP contribution is -2.07. The van der Waals surface area contributed by atoms with Gasteiger partial charge in [-0.2, -0.15) is 5.10 Å². The zero-order valence-electron chi connectivity index (χ0n) is 12.2. The minimum Gasteiger partial charge on any atom is -0.486 e. The lowest BCUT2D eigenvalue weighted by Gasteiger charge is -2.10. The molecule has 0 spiro atoms. The molecule has 0 unspecified atom stereocenters. The topological polar surface area (TPSA) is 64.4 Å². The molecule has 112 valence electrons. The smallest absolute Gasteiger partial charge is 0.339 e. The molecule has 0 saturated heterocycles. The van der Waals surface area contributed by atoms with Gasteiger partial charge in [0.1, 0.15) is 17.9 Å². The van der Waals surface area contributed by atoms with E-state index in [2.05, 4.69) is 21.0 Å². The van der Waals surface area contributed by atoms with Crippen molar-refractivity contribution in [1.29, 1.82) is 0 Å². The lowest BCUT2D eigenvalue weighted by atomic mass is 10.1. The van der Waals surface area contributed by atoms with Crippen molar-refractivity contribution in [3.8, 4) is 5.75 Å². The van der Waals surface area contributed by atoms with Crippen LogP contribution in [-0.4, -0.2) is 20.9 Å². The first kappa shape index (κ1) is 15.6. The van der Waals surface area contributed by atoms with Crippen LogP contribution in [0.1, 0.15) is 34.2 Å². The number of rotatable bonds is 5. The highest BCUT2D eigenvalue weighted by Crippen LogP contribution is 2.25. The van der Waals surface area contributed by atoms with Gasteiger partial charge in [0, 0.05) is 7.05 Å². The maximum atomic E-state index is 11.2. The second-order valence-electron chi connectivity index (χ2n) is 4.78. The molecule has 6 heteroatoms. The van der Waals surface area contributed by atoms with Crippen LogP contribution in [0, 0.1) is 6.92 Å². The van der Waals surface area contributed by atoms with E-state index in [0.717, 1.165) is 27.8 Å². The van der Waals surface area contributed by atoms with Crippen LogP contribution in [-0.2, 0) is 20.1 Å². The molecule has 0 radical (unpaired) electrons. The Bertz CT molecular complexity index is 680. The normalized spacial score (nSPS) is 10.7. The second kappa shape index (κ2) is 6.30. The van der Waals surface area contributed by atoms with Crippen LogP contribution in [0.4, 0.5) is 0 Å². The summed E-state index contributed by atoms with van der Waals surface area (Å²) < 4.78 is 8.38. The molecule has 1 N–H and O–H groups in total. The third-order valence-corrected chi connectivity index (χ3v) is 4.15. The second-order valence-corrected chi connectivity index (χ2v) is 5.57. The van der Waals surface area contributed by atoms with E-state index in [4.69, 9.17) is 4.74 Å². The van der Waals surface area contributed by atoms with Crippen LogP contribution in [0.2, 0.25) is 0 Å². The number of carboxylic acids is 1. The molecule has 0 aliphatic carbocycles. The van der Waals surface area contributed by atoms with Gasteiger partial charge in [0.25, 0.3) is 0 Å². The highest BCUT2D eigenvalue weighted by Gasteiger charge is 2.16. The molecule has 0 atom stereocenters. The Morgan fingerprint density at radius 1 is 1.48 bits per heavy atom. The number of aromatic nitrogens is 2. The summed E-state index contributed by atoms with van der Waals surface area (Å²) in [5.74, 6) is -0.628. The van der Waals surface area contributed by atoms with Crippen molar-refractivity contribution in [3.05, 3.63) is 45.2 Å². The van der Waals surface area contributed by atoms with Crippen LogP contribution in [0.5, 0.6) is 5.75 Å². The van der Waals surface area contributed by atoms with Crippen molar-refractivity contribution < 1.29 is 14.6 Å². The molecular formula is C15H17BrN2O3. The summed E-state index contributed by atoms with van der Waals surface area (Å²) in [4.78, 5) is 11.2. The summed E-state index contributed by atoms with van der Waals surface area (Å²) >= 11 is 3.52. The number of ether oxygens (including phenoxy) is 1. The first-order chi connectivity index (χ1) is 9.93. The fourth-order valence-electron chi connectivity index (χ4n) is 2.05. The predicted octanol–water partition coefficient (Wildman–Crippen LogP) is 3.33. The molecule has 0 fully saturated rings. The van der Waals surface area contributed by atoms with Crippen LogP contribution < -0.4 is 4.74 Å². The maximum absolute atomic E-state index is 11.2. The van der Waals surface area contributed by atoms with Crippen LogP contribution >= 0.6 is 15.9 Å². The molecule has 2 aromatic rings. The van der Waals surface area contributed by atoms with E-state index >= 15 is 0 Å². The third-order valence-electron chi connectivity index (χ3n) is 3.23. The molecule has 1 heterocycles. The maximum Gasteiger partial charge on any atom is 0.339 e. The van der Waals surface area contributed by atoms with Crippen molar-refractivity contribution in [2.75, 3.05) is 0 Å². The Hall–Kier alpha value is -1.82. The monoisotopic (exact) mass is 352 g/mol. The molecular weight excluding hydrogens is 336 g/mol. The van der Waals surface area contributed by atoms with Crippen LogP contribution in [0.25, 0.3) is 0 Å². The third kappa shape index (κ3) is 3.26. The Morgan fingerprint density at radius 3 is 2.76 bits per heavy atom. The average molecular weight is 353 g/mol. The Kier molecular flexibility index (Phi) is 4.67. The minimum absolute atomic E-state index is 0.162. The van der Waals surface area contributed by atoms with E-state index in [-0.39, 0.29) is 12.2 Å². The van der Waals surface area contributed by atoms with Crippen LogP contribution in [0.15, 0.2) is 22.7 Å². The largest absolute Gasteiger partial charge is 0.486 e. The van der Waals surface area contributed by atoms with Crippen molar-refractivity contribution in [2.24, 2.45) is 7.05 Å². The molecule has 0 amide bonds. The van der Waals surface area contributed by atoms with Gasteiger partial charge in [-0.1, -0.05) is 13.0 Å².